The zero-order valence-electron chi connectivity index (χ0n) is 49.3. The molecule has 94 heavy (non-hydrogen) atoms. The zero-order valence-corrected chi connectivity index (χ0v) is 51.7. The summed E-state index contributed by atoms with van der Waals surface area (Å²) < 4.78 is 122. The number of carbonyl (C=O) groups excluding carboxylic acids is 6. The molecule has 0 spiro atoms. The summed E-state index contributed by atoms with van der Waals surface area (Å²) in [7, 11) is -4.97. The Morgan fingerprint density at radius 2 is 0.915 bits per heavy atom. The van der Waals surface area contributed by atoms with Crippen LogP contribution >= 0.6 is 11.8 Å². The van der Waals surface area contributed by atoms with E-state index in [-0.39, 0.29) is 103 Å². The number of rotatable bonds is 9. The Kier molecular flexibility index (Phi) is 20.1. The van der Waals surface area contributed by atoms with Crippen LogP contribution in [-0.2, 0) is 59.9 Å². The van der Waals surface area contributed by atoms with Crippen molar-refractivity contribution in [1.29, 1.82) is 0 Å². The van der Waals surface area contributed by atoms with Crippen LogP contribution in [-0.4, -0.2) is 143 Å². The van der Waals surface area contributed by atoms with Crippen LogP contribution in [0.3, 0.4) is 0 Å². The van der Waals surface area contributed by atoms with Gasteiger partial charge < -0.3 is 59.7 Å². The van der Waals surface area contributed by atoms with Gasteiger partial charge in [-0.05, 0) is 64.0 Å². The van der Waals surface area contributed by atoms with Crippen molar-refractivity contribution < 1.29 is 83.1 Å². The number of nitrogens with zero attached hydrogens (tertiary/aromatic N) is 6. The van der Waals surface area contributed by atoms with E-state index >= 15 is 0 Å². The highest BCUT2D eigenvalue weighted by molar-refractivity contribution is 7.99. The number of thioether (sulfide) groups is 1. The van der Waals surface area contributed by atoms with E-state index in [4.69, 9.17) is 0 Å². The highest BCUT2D eigenvalue weighted by atomic mass is 32.2. The Morgan fingerprint density at radius 1 is 0.543 bits per heavy atom. The van der Waals surface area contributed by atoms with Gasteiger partial charge >= 0.3 is 0 Å². The normalized spacial score (nSPS) is 21.4. The van der Waals surface area contributed by atoms with Crippen molar-refractivity contribution in [3.63, 3.8) is 0 Å². The fourth-order valence-electron chi connectivity index (χ4n) is 11.6. The van der Waals surface area contributed by atoms with Gasteiger partial charge in [0, 0.05) is 108 Å². The second-order valence-corrected chi connectivity index (χ2v) is 27.9. The topological polar surface area (TPSA) is 326 Å². The maximum absolute atomic E-state index is 13.8. The number of hydrogen-bond donors (Lipinski definition) is 6. The van der Waals surface area contributed by atoms with E-state index in [0.29, 0.717) is 36.9 Å². The standard InChI is InChI=1S/C20H19F2N3O6S.C20H19F2N3O5S.C20H19F2N3O4S.CH4/c1-10-4-5-32(30,31)15-9-24-8-13(17(26)18(27)16(24)20(29)25(10)15)19(28)23-7-11-2-3-12(21)6-14(11)22;1-10-4-5-31(30)15-9-24-8-13(17(26)18(27)16(24)20(29)25(10)15)19(28)23-7-11-2-3-12(21)6-14(11)22;1-10-4-5-30-15-9-24-8-13(17(26)18(27)16(24)20(29)25(10)15)19(28)23-7-11-2-3-12(21)6-14(11)22;/h2-3,6,8,10,15,27H,4-5,7,9H2,1H3,(H,23,28);2-3,6,8,10,15,27H,4-5,7,9H2,1H3,(H,23,28);2-3,6,8,10,15,27H,4-5,7,9H2,1H3,(H,23,28);1H4/t10-,15?;10-,15?,31?;10-,15?;/m111./s1. The van der Waals surface area contributed by atoms with Crippen molar-refractivity contribution in [3.05, 3.63) is 189 Å². The van der Waals surface area contributed by atoms with Gasteiger partial charge in [0.15, 0.2) is 49.5 Å². The summed E-state index contributed by atoms with van der Waals surface area (Å²) in [5.74, 6) is -10.9. The molecule has 9 heterocycles. The molecule has 0 bridgehead atoms. The Labute approximate surface area is 537 Å². The molecule has 4 unspecified atom stereocenters. The molecule has 3 saturated heterocycles. The number of nitrogens with one attached hydrogen (secondary N) is 3. The van der Waals surface area contributed by atoms with Gasteiger partial charge in [0.2, 0.25) is 16.3 Å². The van der Waals surface area contributed by atoms with E-state index < -0.39 is 158 Å². The largest absolute Gasteiger partial charge is 0.503 e. The van der Waals surface area contributed by atoms with E-state index in [0.717, 1.165) is 64.4 Å². The molecular formula is C61H61F6N9O15S3. The number of amides is 6. The zero-order chi connectivity index (χ0) is 67.4. The van der Waals surface area contributed by atoms with E-state index in [1.54, 1.807) is 23.6 Å². The monoisotopic (exact) mass is 1370 g/mol. The first-order valence-corrected chi connectivity index (χ1v) is 32.9. The lowest BCUT2D eigenvalue weighted by Crippen LogP contribution is -2.59. The molecule has 0 aliphatic carbocycles. The number of sulfone groups is 1. The van der Waals surface area contributed by atoms with Crippen molar-refractivity contribution in [2.24, 2.45) is 0 Å². The molecule has 6 aliphatic heterocycles. The summed E-state index contributed by atoms with van der Waals surface area (Å²) in [6.45, 7) is 4.59. The molecular weight excluding hydrogens is 1310 g/mol. The minimum Gasteiger partial charge on any atom is -0.503 e. The number of carbonyl (C=O) groups is 6. The van der Waals surface area contributed by atoms with Crippen LogP contribution in [0.2, 0.25) is 0 Å². The van der Waals surface area contributed by atoms with Crippen molar-refractivity contribution in [1.82, 2.24) is 44.4 Å². The van der Waals surface area contributed by atoms with Gasteiger partial charge in [-0.25, -0.2) is 34.8 Å². The first kappa shape index (κ1) is 69.1. The lowest BCUT2D eigenvalue weighted by Gasteiger charge is -2.44. The maximum atomic E-state index is 13.8. The van der Waals surface area contributed by atoms with Gasteiger partial charge in [-0.2, -0.15) is 0 Å². The molecule has 3 aromatic heterocycles. The first-order chi connectivity index (χ1) is 44.0. The number of halogens is 6. The van der Waals surface area contributed by atoms with Crippen LogP contribution in [0.1, 0.15) is 127 Å². The smallest absolute Gasteiger partial charge is 0.275 e. The lowest BCUT2D eigenvalue weighted by atomic mass is 10.1. The molecule has 0 saturated carbocycles. The van der Waals surface area contributed by atoms with Gasteiger partial charge in [0.05, 0.1) is 30.8 Å². The van der Waals surface area contributed by atoms with Crippen molar-refractivity contribution >= 4 is 67.8 Å². The molecule has 3 aromatic carbocycles. The molecule has 6 aliphatic rings. The maximum Gasteiger partial charge on any atom is 0.275 e. The van der Waals surface area contributed by atoms with E-state index in [1.807, 2.05) is 13.8 Å². The van der Waals surface area contributed by atoms with Crippen LogP contribution < -0.4 is 32.2 Å². The van der Waals surface area contributed by atoms with Crippen LogP contribution in [0.15, 0.2) is 87.6 Å². The van der Waals surface area contributed by atoms with Crippen LogP contribution in [0.25, 0.3) is 0 Å². The summed E-state index contributed by atoms with van der Waals surface area (Å²) in [6, 6.07) is 7.97. The molecule has 7 atom stereocenters. The Morgan fingerprint density at radius 3 is 1.34 bits per heavy atom. The summed E-state index contributed by atoms with van der Waals surface area (Å²) >= 11 is 1.60. The predicted octanol–water partition coefficient (Wildman–Crippen LogP) is 4.54. The summed E-state index contributed by atoms with van der Waals surface area (Å²) in [5.41, 5.74) is -5.23. The third kappa shape index (κ3) is 13.3. The molecule has 500 valence electrons. The van der Waals surface area contributed by atoms with Gasteiger partial charge in [-0.15, -0.1) is 11.8 Å². The highest BCUT2D eigenvalue weighted by Crippen LogP contribution is 2.37. The van der Waals surface area contributed by atoms with Crippen molar-refractivity contribution in [2.75, 3.05) is 17.3 Å². The predicted molar refractivity (Wildman–Crippen MR) is 328 cm³/mol. The number of aromatic hydroxyl groups is 3. The molecule has 6 amide bonds. The number of aromatic nitrogens is 3. The van der Waals surface area contributed by atoms with Gasteiger partial charge in [-0.1, -0.05) is 25.6 Å². The highest BCUT2D eigenvalue weighted by Gasteiger charge is 2.48. The minimum absolute atomic E-state index is 0. The second kappa shape index (κ2) is 27.4. The lowest BCUT2D eigenvalue weighted by molar-refractivity contribution is 0.0552. The molecule has 6 N–H and O–H groups in total. The quantitative estimate of drug-likeness (QED) is 0.108. The van der Waals surface area contributed by atoms with Crippen LogP contribution in [0, 0.1) is 34.9 Å². The van der Waals surface area contributed by atoms with Crippen LogP contribution in [0.4, 0.5) is 26.3 Å². The molecule has 12 rings (SSSR count). The van der Waals surface area contributed by atoms with Crippen LogP contribution in [0.5, 0.6) is 17.2 Å². The van der Waals surface area contributed by atoms with Gasteiger partial charge in [0.25, 0.3) is 35.4 Å². The molecule has 24 nitrogen and oxygen atoms in total. The number of hydrogen-bond acceptors (Lipinski definition) is 16. The molecule has 33 heteroatoms. The summed E-state index contributed by atoms with van der Waals surface area (Å²) in [6.07, 6.45) is 4.99. The van der Waals surface area contributed by atoms with Crippen molar-refractivity contribution in [2.45, 2.75) is 121 Å². The third-order valence-corrected chi connectivity index (χ3v) is 21.6. The third-order valence-electron chi connectivity index (χ3n) is 16.7. The Balaban J connectivity index is 0.000000165. The van der Waals surface area contributed by atoms with Gasteiger partial charge in [-0.3, -0.25) is 47.4 Å². The summed E-state index contributed by atoms with van der Waals surface area (Å²) in [5, 5.41) is 36.3. The fraction of sp³-hybridized carbons (Fsp3) is 0.361. The Hall–Kier alpha value is -9.24. The van der Waals surface area contributed by atoms with E-state index in [2.05, 4.69) is 16.0 Å². The summed E-state index contributed by atoms with van der Waals surface area (Å²) in [4.78, 5) is 118. The fourth-order valence-corrected chi connectivity index (χ4v) is 16.8. The SMILES string of the molecule is C.C[C@@H]1CCS(=O)(=O)C2Cn3cc(C(=O)NCc4ccc(F)cc4F)c(=O)c(O)c3C(=O)N21.C[C@@H]1CCS(=O)C2Cn3cc(C(=O)NCc4ccc(F)cc4F)c(=O)c(O)c3C(=O)N21.C[C@@H]1CCSC2Cn3cc(C(=O)NCc4ccc(F)cc4F)c(=O)c(O)c3C(=O)N21. The van der Waals surface area contributed by atoms with Crippen molar-refractivity contribution in [3.8, 4) is 17.2 Å². The average Bonchev–Trinajstić information content (AvgIpc) is 0.750. The van der Waals surface area contributed by atoms with E-state index in [1.165, 1.54) is 26.3 Å². The Bertz CT molecular complexity index is 4480. The molecule has 3 fully saturated rings. The molecule has 6 aromatic rings. The number of fused-ring (bicyclic) bond motifs is 6. The van der Waals surface area contributed by atoms with E-state index in [9.17, 15) is 97.4 Å². The number of benzene rings is 3. The first-order valence-electron chi connectivity index (χ1n) is 28.7. The van der Waals surface area contributed by atoms with Gasteiger partial charge in [0.1, 0.15) is 57.0 Å². The minimum atomic E-state index is -3.65. The average molecular weight is 1370 g/mol. The number of pyridine rings is 3. The second-order valence-electron chi connectivity index (χ2n) is 22.7. The molecule has 0 radical (unpaired) electrons.